The van der Waals surface area contributed by atoms with Crippen LogP contribution in [-0.2, 0) is 4.74 Å². The highest BCUT2D eigenvalue weighted by Crippen LogP contribution is 2.29. The third-order valence-electron chi connectivity index (χ3n) is 4.61. The lowest BCUT2D eigenvalue weighted by atomic mass is 10.1. The molecule has 132 valence electrons. The standard InChI is InChI=1S/C18H27N3O3/c1-23-12-13-24-17-5-3-2-4-16(17)20-18(22)19-14-8-10-21(11-9-14)15-6-7-15/h2-5,14-15H,6-13H2,1H3,(H2,19,20,22). The molecule has 2 fully saturated rings. The molecule has 0 radical (unpaired) electrons. The molecule has 0 aromatic heterocycles. The van der Waals surface area contributed by atoms with Crippen molar-refractivity contribution in [2.24, 2.45) is 0 Å². The maximum Gasteiger partial charge on any atom is 0.319 e. The van der Waals surface area contributed by atoms with E-state index in [2.05, 4.69) is 15.5 Å². The Balaban J connectivity index is 1.46. The monoisotopic (exact) mass is 333 g/mol. The number of amides is 2. The van der Waals surface area contributed by atoms with Crippen LogP contribution in [0.2, 0.25) is 0 Å². The lowest BCUT2D eigenvalue weighted by molar-refractivity contribution is 0.146. The first-order chi connectivity index (χ1) is 11.8. The van der Waals surface area contributed by atoms with Gasteiger partial charge in [0.15, 0.2) is 0 Å². The molecule has 1 aromatic rings. The molecule has 2 N–H and O–H groups in total. The Kier molecular flexibility index (Phi) is 5.93. The number of benzene rings is 1. The molecule has 1 aliphatic heterocycles. The molecule has 24 heavy (non-hydrogen) atoms. The van der Waals surface area contributed by atoms with Crippen molar-refractivity contribution in [1.82, 2.24) is 10.2 Å². The Bertz CT molecular complexity index is 540. The first-order valence-corrected chi connectivity index (χ1v) is 8.78. The minimum absolute atomic E-state index is 0.164. The minimum Gasteiger partial charge on any atom is -0.489 e. The quantitative estimate of drug-likeness (QED) is 0.753. The van der Waals surface area contributed by atoms with Crippen molar-refractivity contribution >= 4 is 11.7 Å². The molecule has 3 rings (SSSR count). The first-order valence-electron chi connectivity index (χ1n) is 8.78. The van der Waals surface area contributed by atoms with Gasteiger partial charge in [-0.15, -0.1) is 0 Å². The van der Waals surface area contributed by atoms with Gasteiger partial charge in [-0.25, -0.2) is 4.79 Å². The Morgan fingerprint density at radius 1 is 1.17 bits per heavy atom. The number of urea groups is 1. The van der Waals surface area contributed by atoms with Crippen LogP contribution in [0.1, 0.15) is 25.7 Å². The van der Waals surface area contributed by atoms with E-state index in [1.807, 2.05) is 24.3 Å². The molecule has 2 aliphatic rings. The summed E-state index contributed by atoms with van der Waals surface area (Å²) in [6.07, 6.45) is 4.74. The Hall–Kier alpha value is -1.79. The third-order valence-corrected chi connectivity index (χ3v) is 4.61. The summed E-state index contributed by atoms with van der Waals surface area (Å²) in [6.45, 7) is 3.15. The van der Waals surface area contributed by atoms with E-state index >= 15 is 0 Å². The number of ether oxygens (including phenoxy) is 2. The highest BCUT2D eigenvalue weighted by atomic mass is 16.5. The number of hydrogen-bond donors (Lipinski definition) is 2. The molecule has 1 heterocycles. The van der Waals surface area contributed by atoms with E-state index in [-0.39, 0.29) is 12.1 Å². The van der Waals surface area contributed by atoms with Gasteiger partial charge < -0.3 is 25.0 Å². The lowest BCUT2D eigenvalue weighted by Crippen LogP contribution is -2.46. The smallest absolute Gasteiger partial charge is 0.319 e. The van der Waals surface area contributed by atoms with E-state index in [1.54, 1.807) is 7.11 Å². The van der Waals surface area contributed by atoms with Gasteiger partial charge in [-0.3, -0.25) is 0 Å². The number of carbonyl (C=O) groups excluding carboxylic acids is 1. The fraction of sp³-hybridized carbons (Fsp3) is 0.611. The van der Waals surface area contributed by atoms with Crippen molar-refractivity contribution in [2.75, 3.05) is 38.7 Å². The zero-order chi connectivity index (χ0) is 16.8. The van der Waals surface area contributed by atoms with Crippen LogP contribution >= 0.6 is 0 Å². The molecular weight excluding hydrogens is 306 g/mol. The number of nitrogens with zero attached hydrogens (tertiary/aromatic N) is 1. The maximum atomic E-state index is 12.3. The van der Waals surface area contributed by atoms with Gasteiger partial charge in [0.2, 0.25) is 0 Å². The molecule has 0 bridgehead atoms. The van der Waals surface area contributed by atoms with Gasteiger partial charge in [-0.05, 0) is 37.8 Å². The van der Waals surface area contributed by atoms with Crippen molar-refractivity contribution in [2.45, 2.75) is 37.8 Å². The lowest BCUT2D eigenvalue weighted by Gasteiger charge is -2.32. The third kappa shape index (κ3) is 4.85. The average Bonchev–Trinajstić information content (AvgIpc) is 3.42. The zero-order valence-corrected chi connectivity index (χ0v) is 14.3. The van der Waals surface area contributed by atoms with Gasteiger partial charge in [0.1, 0.15) is 12.4 Å². The molecule has 1 saturated heterocycles. The van der Waals surface area contributed by atoms with Crippen LogP contribution in [0.4, 0.5) is 10.5 Å². The molecule has 6 nitrogen and oxygen atoms in total. The summed E-state index contributed by atoms with van der Waals surface area (Å²) in [6, 6.07) is 8.36. The molecule has 1 aliphatic carbocycles. The Labute approximate surface area is 143 Å². The van der Waals surface area contributed by atoms with Crippen LogP contribution in [0.15, 0.2) is 24.3 Å². The summed E-state index contributed by atoms with van der Waals surface area (Å²) in [5, 5.41) is 5.99. The summed E-state index contributed by atoms with van der Waals surface area (Å²) in [4.78, 5) is 14.8. The number of hydrogen-bond acceptors (Lipinski definition) is 4. The molecule has 1 aromatic carbocycles. The first kappa shape index (κ1) is 17.0. The largest absolute Gasteiger partial charge is 0.489 e. The van der Waals surface area contributed by atoms with Gasteiger partial charge in [0.05, 0.1) is 12.3 Å². The Morgan fingerprint density at radius 3 is 2.62 bits per heavy atom. The summed E-state index contributed by atoms with van der Waals surface area (Å²) in [5.41, 5.74) is 0.682. The predicted octanol–water partition coefficient (Wildman–Crippen LogP) is 2.46. The molecule has 6 heteroatoms. The fourth-order valence-corrected chi connectivity index (χ4v) is 3.12. The summed E-state index contributed by atoms with van der Waals surface area (Å²) in [5.74, 6) is 0.660. The maximum absolute atomic E-state index is 12.3. The summed E-state index contributed by atoms with van der Waals surface area (Å²) in [7, 11) is 1.63. The molecule has 2 amide bonds. The number of nitrogens with one attached hydrogen (secondary N) is 2. The summed E-state index contributed by atoms with van der Waals surface area (Å²) < 4.78 is 10.6. The second kappa shape index (κ2) is 8.35. The van der Waals surface area contributed by atoms with Crippen LogP contribution in [0, 0.1) is 0 Å². The highest BCUT2D eigenvalue weighted by Gasteiger charge is 2.32. The number of likely N-dealkylation sites (tertiary alicyclic amines) is 1. The van der Waals surface area contributed by atoms with E-state index in [0.29, 0.717) is 24.7 Å². The van der Waals surface area contributed by atoms with E-state index < -0.39 is 0 Å². The van der Waals surface area contributed by atoms with E-state index in [0.717, 1.165) is 32.0 Å². The highest BCUT2D eigenvalue weighted by molar-refractivity contribution is 5.91. The van der Waals surface area contributed by atoms with Crippen molar-refractivity contribution in [3.05, 3.63) is 24.3 Å². The predicted molar refractivity (Wildman–Crippen MR) is 93.6 cm³/mol. The van der Waals surface area contributed by atoms with Gasteiger partial charge in [0.25, 0.3) is 0 Å². The number of piperidine rings is 1. The van der Waals surface area contributed by atoms with Crippen LogP contribution in [0.5, 0.6) is 5.75 Å². The SMILES string of the molecule is COCCOc1ccccc1NC(=O)NC1CCN(C2CC2)CC1. The second-order valence-electron chi connectivity index (χ2n) is 6.48. The van der Waals surface area contributed by atoms with Crippen molar-refractivity contribution < 1.29 is 14.3 Å². The van der Waals surface area contributed by atoms with Gasteiger partial charge >= 0.3 is 6.03 Å². The van der Waals surface area contributed by atoms with E-state index in [9.17, 15) is 4.79 Å². The molecule has 0 unspecified atom stereocenters. The van der Waals surface area contributed by atoms with Crippen molar-refractivity contribution in [3.8, 4) is 5.75 Å². The zero-order valence-electron chi connectivity index (χ0n) is 14.3. The van der Waals surface area contributed by atoms with Gasteiger partial charge in [-0.1, -0.05) is 12.1 Å². The van der Waals surface area contributed by atoms with Crippen LogP contribution < -0.4 is 15.4 Å². The topological polar surface area (TPSA) is 62.8 Å². The van der Waals surface area contributed by atoms with E-state index in [4.69, 9.17) is 9.47 Å². The second-order valence-corrected chi connectivity index (χ2v) is 6.48. The number of anilines is 1. The summed E-state index contributed by atoms with van der Waals surface area (Å²) >= 11 is 0. The number of carbonyl (C=O) groups is 1. The number of methoxy groups -OCH3 is 1. The fourth-order valence-electron chi connectivity index (χ4n) is 3.12. The van der Waals surface area contributed by atoms with Crippen molar-refractivity contribution in [1.29, 1.82) is 0 Å². The number of para-hydroxylation sites is 2. The molecule has 0 spiro atoms. The van der Waals surface area contributed by atoms with Crippen molar-refractivity contribution in [3.63, 3.8) is 0 Å². The molecule has 0 atom stereocenters. The van der Waals surface area contributed by atoms with E-state index in [1.165, 1.54) is 12.8 Å². The Morgan fingerprint density at radius 2 is 1.92 bits per heavy atom. The van der Waals surface area contributed by atoms with Crippen LogP contribution in [0.3, 0.4) is 0 Å². The molecule has 1 saturated carbocycles. The van der Waals surface area contributed by atoms with Crippen LogP contribution in [0.25, 0.3) is 0 Å². The van der Waals surface area contributed by atoms with Gasteiger partial charge in [-0.2, -0.15) is 0 Å². The molecular formula is C18H27N3O3. The van der Waals surface area contributed by atoms with Gasteiger partial charge in [0, 0.05) is 32.3 Å². The number of rotatable bonds is 7. The van der Waals surface area contributed by atoms with Crippen LogP contribution in [-0.4, -0.2) is 56.4 Å². The minimum atomic E-state index is -0.164. The normalized spacial score (nSPS) is 19.0. The average molecular weight is 333 g/mol.